The van der Waals surface area contributed by atoms with Gasteiger partial charge in [0, 0.05) is 24.7 Å². The Morgan fingerprint density at radius 3 is 2.48 bits per heavy atom. The van der Waals surface area contributed by atoms with Crippen LogP contribution >= 0.6 is 11.8 Å². The van der Waals surface area contributed by atoms with Crippen LogP contribution in [0.25, 0.3) is 11.6 Å². The molecule has 160 valence electrons. The number of carbonyl (C=O) groups excluding carboxylic acids is 2. The number of benzene rings is 1. The molecule has 8 heteroatoms. The third-order valence-corrected chi connectivity index (χ3v) is 6.08. The third kappa shape index (κ3) is 4.64. The largest absolute Gasteiger partial charge is 0.461 e. The van der Waals surface area contributed by atoms with Gasteiger partial charge in [-0.25, -0.2) is 9.97 Å². The number of para-hydroxylation sites is 1. The van der Waals surface area contributed by atoms with Gasteiger partial charge in [0.1, 0.15) is 5.03 Å². The second-order valence-electron chi connectivity index (χ2n) is 7.42. The highest BCUT2D eigenvalue weighted by atomic mass is 32.2. The predicted octanol–water partition coefficient (Wildman–Crippen LogP) is 4.26. The number of likely N-dealkylation sites (tertiary alicyclic amines) is 1. The first kappa shape index (κ1) is 21.1. The summed E-state index contributed by atoms with van der Waals surface area (Å²) < 4.78 is 5.40. The predicted molar refractivity (Wildman–Crippen MR) is 120 cm³/mol. The van der Waals surface area contributed by atoms with E-state index in [1.807, 2.05) is 43.5 Å². The molecule has 1 aliphatic heterocycles. The number of aromatic nitrogens is 2. The normalized spacial score (nSPS) is 14.5. The summed E-state index contributed by atoms with van der Waals surface area (Å²) in [6.45, 7) is 2.87. The Bertz CT molecular complexity index is 1060. The fourth-order valence-electron chi connectivity index (χ4n) is 3.73. The van der Waals surface area contributed by atoms with Crippen LogP contribution in [0.1, 0.15) is 28.9 Å². The summed E-state index contributed by atoms with van der Waals surface area (Å²) in [5.41, 5.74) is 1.94. The average Bonchev–Trinajstić information content (AvgIpc) is 3.34. The van der Waals surface area contributed by atoms with Gasteiger partial charge in [0.25, 0.3) is 5.91 Å². The van der Waals surface area contributed by atoms with E-state index in [4.69, 9.17) is 4.42 Å². The van der Waals surface area contributed by atoms with Gasteiger partial charge >= 0.3 is 0 Å². The lowest BCUT2D eigenvalue weighted by atomic mass is 9.95. The molecule has 2 amide bonds. The van der Waals surface area contributed by atoms with E-state index in [-0.39, 0.29) is 17.7 Å². The summed E-state index contributed by atoms with van der Waals surface area (Å²) in [6.07, 6.45) is 4.72. The van der Waals surface area contributed by atoms with Crippen LogP contribution in [0.15, 0.2) is 58.2 Å². The molecule has 3 aromatic rings. The van der Waals surface area contributed by atoms with Gasteiger partial charge in [-0.1, -0.05) is 18.2 Å². The van der Waals surface area contributed by atoms with Gasteiger partial charge in [0.2, 0.25) is 5.91 Å². The van der Waals surface area contributed by atoms with Gasteiger partial charge in [-0.3, -0.25) is 9.59 Å². The molecule has 1 aliphatic rings. The fourth-order valence-corrected chi connectivity index (χ4v) is 4.34. The third-order valence-electron chi connectivity index (χ3n) is 5.40. The van der Waals surface area contributed by atoms with E-state index in [2.05, 4.69) is 15.3 Å². The van der Waals surface area contributed by atoms with Gasteiger partial charge in [-0.15, -0.1) is 11.8 Å². The van der Waals surface area contributed by atoms with Crippen molar-refractivity contribution in [1.82, 2.24) is 14.9 Å². The summed E-state index contributed by atoms with van der Waals surface area (Å²) in [4.78, 5) is 36.7. The topological polar surface area (TPSA) is 88.3 Å². The van der Waals surface area contributed by atoms with Crippen LogP contribution < -0.4 is 5.32 Å². The van der Waals surface area contributed by atoms with E-state index in [1.54, 1.807) is 23.3 Å². The highest BCUT2D eigenvalue weighted by molar-refractivity contribution is 7.98. The summed E-state index contributed by atoms with van der Waals surface area (Å²) in [5, 5.41) is 3.59. The molecule has 0 spiro atoms. The van der Waals surface area contributed by atoms with Crippen molar-refractivity contribution in [2.24, 2.45) is 5.92 Å². The first-order chi connectivity index (χ1) is 15.1. The molecule has 1 fully saturated rings. The highest BCUT2D eigenvalue weighted by Crippen LogP contribution is 2.28. The molecule has 7 nitrogen and oxygen atoms in total. The molecule has 0 bridgehead atoms. The number of nitrogens with zero attached hydrogens (tertiary/aromatic N) is 3. The minimum absolute atomic E-state index is 0.00502. The maximum Gasteiger partial charge on any atom is 0.258 e. The Morgan fingerprint density at radius 2 is 1.84 bits per heavy atom. The van der Waals surface area contributed by atoms with Crippen LogP contribution in [-0.4, -0.2) is 46.0 Å². The van der Waals surface area contributed by atoms with Gasteiger partial charge < -0.3 is 14.6 Å². The molecule has 0 atom stereocenters. The Balaban J connectivity index is 1.44. The zero-order chi connectivity index (χ0) is 21.8. The molecular weight excluding hydrogens is 412 g/mol. The van der Waals surface area contributed by atoms with E-state index in [0.717, 1.165) is 5.69 Å². The van der Waals surface area contributed by atoms with Crippen molar-refractivity contribution in [1.29, 1.82) is 0 Å². The van der Waals surface area contributed by atoms with Crippen molar-refractivity contribution in [2.45, 2.75) is 24.8 Å². The molecule has 4 rings (SSSR count). The number of furan rings is 1. The van der Waals surface area contributed by atoms with Gasteiger partial charge in [-0.2, -0.15) is 0 Å². The van der Waals surface area contributed by atoms with Crippen molar-refractivity contribution in [2.75, 3.05) is 24.7 Å². The average molecular weight is 437 g/mol. The number of nitrogens with one attached hydrogen (secondary N) is 1. The molecule has 0 aliphatic carbocycles. The van der Waals surface area contributed by atoms with Gasteiger partial charge in [0.15, 0.2) is 11.6 Å². The van der Waals surface area contributed by atoms with Crippen LogP contribution in [0.2, 0.25) is 0 Å². The van der Waals surface area contributed by atoms with E-state index in [0.29, 0.717) is 53.8 Å². The summed E-state index contributed by atoms with van der Waals surface area (Å²) in [5.74, 6) is 0.852. The van der Waals surface area contributed by atoms with Crippen LogP contribution in [0.4, 0.5) is 5.69 Å². The van der Waals surface area contributed by atoms with Crippen molar-refractivity contribution >= 4 is 29.3 Å². The smallest absolute Gasteiger partial charge is 0.258 e. The molecule has 0 saturated carbocycles. The molecule has 0 unspecified atom stereocenters. The zero-order valence-electron chi connectivity index (χ0n) is 17.5. The lowest BCUT2D eigenvalue weighted by Crippen LogP contribution is -2.42. The first-order valence-electron chi connectivity index (χ1n) is 10.2. The monoisotopic (exact) mass is 436 g/mol. The summed E-state index contributed by atoms with van der Waals surface area (Å²) >= 11 is 1.42. The lowest BCUT2D eigenvalue weighted by molar-refractivity contribution is -0.121. The second-order valence-corrected chi connectivity index (χ2v) is 8.21. The quantitative estimate of drug-likeness (QED) is 0.475. The molecule has 31 heavy (non-hydrogen) atoms. The zero-order valence-corrected chi connectivity index (χ0v) is 18.3. The Kier molecular flexibility index (Phi) is 6.36. The molecule has 2 aromatic heterocycles. The lowest BCUT2D eigenvalue weighted by Gasteiger charge is -2.32. The maximum absolute atomic E-state index is 13.3. The van der Waals surface area contributed by atoms with E-state index in [1.165, 1.54) is 11.8 Å². The van der Waals surface area contributed by atoms with Crippen molar-refractivity contribution in [3.8, 4) is 11.6 Å². The van der Waals surface area contributed by atoms with Crippen molar-refractivity contribution in [3.63, 3.8) is 0 Å². The van der Waals surface area contributed by atoms with Crippen LogP contribution in [0.3, 0.4) is 0 Å². The first-order valence-corrected chi connectivity index (χ1v) is 11.4. The van der Waals surface area contributed by atoms with Crippen LogP contribution in [-0.2, 0) is 4.79 Å². The number of hydrogen-bond acceptors (Lipinski definition) is 6. The Hall–Kier alpha value is -3.13. The van der Waals surface area contributed by atoms with Gasteiger partial charge in [-0.05, 0) is 50.3 Å². The summed E-state index contributed by atoms with van der Waals surface area (Å²) in [6, 6.07) is 13.0. The molecule has 3 heterocycles. The fraction of sp³-hybridized carbons (Fsp3) is 0.304. The second kappa shape index (κ2) is 9.34. The Labute approximate surface area is 185 Å². The number of hydrogen-bond donors (Lipinski definition) is 1. The molecule has 0 radical (unpaired) electrons. The van der Waals surface area contributed by atoms with Gasteiger partial charge in [0.05, 0.1) is 17.5 Å². The SMILES string of the molecule is CSc1nc(-c2ccco2)nc(C)c1C(=O)N1CCC(C(=O)Nc2ccccc2)CC1. The number of rotatable bonds is 5. The number of aryl methyl sites for hydroxylation is 1. The van der Waals surface area contributed by atoms with Crippen LogP contribution in [0.5, 0.6) is 0 Å². The van der Waals surface area contributed by atoms with E-state index in [9.17, 15) is 9.59 Å². The molecule has 1 aromatic carbocycles. The van der Waals surface area contributed by atoms with Crippen LogP contribution in [0, 0.1) is 12.8 Å². The van der Waals surface area contributed by atoms with E-state index < -0.39 is 0 Å². The maximum atomic E-state index is 13.3. The number of carbonyl (C=O) groups is 2. The molecular formula is C23H24N4O3S. The standard InChI is InChI=1S/C23H24N4O3S/c1-15-19(22(31-2)26-20(24-15)18-9-6-14-30-18)23(29)27-12-10-16(11-13-27)21(28)25-17-7-4-3-5-8-17/h3-9,14,16H,10-13H2,1-2H3,(H,25,28). The minimum Gasteiger partial charge on any atom is -0.461 e. The number of amides is 2. The minimum atomic E-state index is -0.108. The summed E-state index contributed by atoms with van der Waals surface area (Å²) in [7, 11) is 0. The van der Waals surface area contributed by atoms with Crippen molar-refractivity contribution in [3.05, 3.63) is 60.0 Å². The van der Waals surface area contributed by atoms with Crippen molar-refractivity contribution < 1.29 is 14.0 Å². The Morgan fingerprint density at radius 1 is 1.10 bits per heavy atom. The number of thioether (sulfide) groups is 1. The molecule has 1 N–H and O–H groups in total. The van der Waals surface area contributed by atoms with E-state index >= 15 is 0 Å². The molecule has 1 saturated heterocycles. The number of piperidine rings is 1. The highest BCUT2D eigenvalue weighted by Gasteiger charge is 2.30. The number of anilines is 1.